The molecule has 0 saturated heterocycles. The van der Waals surface area contributed by atoms with Crippen LogP contribution in [0.5, 0.6) is 0 Å². The van der Waals surface area contributed by atoms with E-state index >= 15 is 0 Å². The lowest BCUT2D eigenvalue weighted by molar-refractivity contribution is 1.04. The molecular weight excluding hydrogens is 144 g/mol. The Kier molecular flexibility index (Phi) is 5.02. The molecule has 1 aliphatic carbocycles. The molecule has 0 spiro atoms. The summed E-state index contributed by atoms with van der Waals surface area (Å²) in [5, 5.41) is 0. The monoisotopic (exact) mass is 160 g/mol. The fourth-order valence-corrected chi connectivity index (χ4v) is 1.09. The fraction of sp³-hybridized carbons (Fsp3) is 0.333. The van der Waals surface area contributed by atoms with Crippen LogP contribution in [0.4, 0.5) is 0 Å². The largest absolute Gasteiger partial charge is 0.0879 e. The molecule has 0 aromatic carbocycles. The SMILES string of the molecule is C1=CC/C=C/CC/C=C/CC=C1. The van der Waals surface area contributed by atoms with Gasteiger partial charge in [0.15, 0.2) is 0 Å². The molecule has 0 heteroatoms. The molecule has 0 radical (unpaired) electrons. The maximum absolute atomic E-state index is 2.25. The van der Waals surface area contributed by atoms with E-state index < -0.39 is 0 Å². The minimum atomic E-state index is 1.06. The molecular formula is C12H16. The predicted octanol–water partition coefficient (Wildman–Crippen LogP) is 3.79. The van der Waals surface area contributed by atoms with Gasteiger partial charge in [-0.1, -0.05) is 48.6 Å². The Labute approximate surface area is 75.0 Å². The number of hydrogen-bond acceptors (Lipinski definition) is 0. The molecule has 0 N–H and O–H groups in total. The van der Waals surface area contributed by atoms with E-state index in [1.165, 1.54) is 12.8 Å². The van der Waals surface area contributed by atoms with Crippen LogP contribution >= 0.6 is 0 Å². The second kappa shape index (κ2) is 6.66. The minimum Gasteiger partial charge on any atom is -0.0879 e. The van der Waals surface area contributed by atoms with Crippen LogP contribution in [0.2, 0.25) is 0 Å². The van der Waals surface area contributed by atoms with Gasteiger partial charge in [-0.3, -0.25) is 0 Å². The van der Waals surface area contributed by atoms with Gasteiger partial charge in [0.05, 0.1) is 0 Å². The predicted molar refractivity (Wildman–Crippen MR) is 55.0 cm³/mol. The van der Waals surface area contributed by atoms with Gasteiger partial charge in [0.1, 0.15) is 0 Å². The summed E-state index contributed by atoms with van der Waals surface area (Å²) < 4.78 is 0. The van der Waals surface area contributed by atoms with Crippen molar-refractivity contribution >= 4 is 0 Å². The Morgan fingerprint density at radius 1 is 0.500 bits per heavy atom. The molecule has 0 saturated carbocycles. The Morgan fingerprint density at radius 3 is 1.50 bits per heavy atom. The molecule has 1 aliphatic rings. The van der Waals surface area contributed by atoms with E-state index in [0.717, 1.165) is 12.8 Å². The Balaban J connectivity index is 2.41. The maximum Gasteiger partial charge on any atom is -0.0166 e. The molecule has 0 aromatic rings. The van der Waals surface area contributed by atoms with Crippen molar-refractivity contribution < 1.29 is 0 Å². The summed E-state index contributed by atoms with van der Waals surface area (Å²) in [4.78, 5) is 0. The van der Waals surface area contributed by atoms with Crippen LogP contribution in [0.3, 0.4) is 0 Å². The highest BCUT2D eigenvalue weighted by atomic mass is 13.8. The number of allylic oxidation sites excluding steroid dienone is 8. The summed E-state index contributed by atoms with van der Waals surface area (Å²) >= 11 is 0. The Morgan fingerprint density at radius 2 is 1.00 bits per heavy atom. The molecule has 0 bridgehead atoms. The third-order valence-electron chi connectivity index (χ3n) is 1.76. The quantitative estimate of drug-likeness (QED) is 0.473. The lowest BCUT2D eigenvalue weighted by Crippen LogP contribution is -1.67. The van der Waals surface area contributed by atoms with E-state index in [1.54, 1.807) is 0 Å². The normalized spacial score (nSPS) is 24.0. The molecule has 0 fully saturated rings. The highest BCUT2D eigenvalue weighted by Gasteiger charge is 1.77. The van der Waals surface area contributed by atoms with Crippen LogP contribution in [-0.4, -0.2) is 0 Å². The van der Waals surface area contributed by atoms with Crippen molar-refractivity contribution in [3.05, 3.63) is 48.6 Å². The molecule has 1 rings (SSSR count). The van der Waals surface area contributed by atoms with Gasteiger partial charge in [-0.25, -0.2) is 0 Å². The standard InChI is InChI=1S/C12H16/c1-2-4-6-8-10-12-11-9-7-5-3-1/h1-4,7-10H,5-6,11-12H2/b3-1?,4-2?,9-7+,10-8+. The van der Waals surface area contributed by atoms with Crippen molar-refractivity contribution in [2.24, 2.45) is 0 Å². The average molecular weight is 160 g/mol. The van der Waals surface area contributed by atoms with Gasteiger partial charge in [-0.05, 0) is 25.7 Å². The van der Waals surface area contributed by atoms with Gasteiger partial charge in [0, 0.05) is 0 Å². The lowest BCUT2D eigenvalue weighted by Gasteiger charge is -1.88. The van der Waals surface area contributed by atoms with E-state index in [4.69, 9.17) is 0 Å². The van der Waals surface area contributed by atoms with Crippen molar-refractivity contribution in [3.63, 3.8) is 0 Å². The zero-order chi connectivity index (χ0) is 8.49. The van der Waals surface area contributed by atoms with Crippen molar-refractivity contribution in [1.29, 1.82) is 0 Å². The van der Waals surface area contributed by atoms with Gasteiger partial charge in [0.25, 0.3) is 0 Å². The molecule has 12 heavy (non-hydrogen) atoms. The van der Waals surface area contributed by atoms with E-state index in [-0.39, 0.29) is 0 Å². The van der Waals surface area contributed by atoms with Gasteiger partial charge in [-0.15, -0.1) is 0 Å². The first-order valence-electron chi connectivity index (χ1n) is 4.62. The molecule has 0 nitrogen and oxygen atoms in total. The minimum absolute atomic E-state index is 1.06. The van der Waals surface area contributed by atoms with Crippen LogP contribution in [0.1, 0.15) is 25.7 Å². The van der Waals surface area contributed by atoms with Gasteiger partial charge in [-0.2, -0.15) is 0 Å². The Hall–Kier alpha value is -1.04. The zero-order valence-corrected chi connectivity index (χ0v) is 7.45. The molecule has 0 aliphatic heterocycles. The van der Waals surface area contributed by atoms with E-state index in [1.807, 2.05) is 0 Å². The Bertz CT molecular complexity index is 180. The summed E-state index contributed by atoms with van der Waals surface area (Å²) in [5.74, 6) is 0. The highest BCUT2D eigenvalue weighted by Crippen LogP contribution is 1.98. The van der Waals surface area contributed by atoms with Crippen LogP contribution in [0.15, 0.2) is 48.6 Å². The van der Waals surface area contributed by atoms with E-state index in [0.29, 0.717) is 0 Å². The summed E-state index contributed by atoms with van der Waals surface area (Å²) in [6.45, 7) is 0. The van der Waals surface area contributed by atoms with Crippen LogP contribution in [0, 0.1) is 0 Å². The van der Waals surface area contributed by atoms with E-state index in [2.05, 4.69) is 48.6 Å². The van der Waals surface area contributed by atoms with Crippen molar-refractivity contribution in [1.82, 2.24) is 0 Å². The summed E-state index contributed by atoms with van der Waals surface area (Å²) in [7, 11) is 0. The topological polar surface area (TPSA) is 0 Å². The van der Waals surface area contributed by atoms with E-state index in [9.17, 15) is 0 Å². The first kappa shape index (κ1) is 9.05. The van der Waals surface area contributed by atoms with Crippen molar-refractivity contribution in [2.75, 3.05) is 0 Å². The molecule has 64 valence electrons. The average Bonchev–Trinajstić information content (AvgIpc) is 2.05. The number of hydrogen-bond donors (Lipinski definition) is 0. The maximum atomic E-state index is 2.25. The fourth-order valence-electron chi connectivity index (χ4n) is 1.09. The van der Waals surface area contributed by atoms with Gasteiger partial charge >= 0.3 is 0 Å². The molecule has 0 aromatic heterocycles. The summed E-state index contributed by atoms with van der Waals surface area (Å²) in [5.41, 5.74) is 0. The first-order chi connectivity index (χ1) is 6.00. The highest BCUT2D eigenvalue weighted by molar-refractivity contribution is 5.07. The summed E-state index contributed by atoms with van der Waals surface area (Å²) in [6, 6.07) is 0. The second-order valence-corrected chi connectivity index (χ2v) is 2.85. The first-order valence-corrected chi connectivity index (χ1v) is 4.62. The van der Waals surface area contributed by atoms with Crippen LogP contribution in [-0.2, 0) is 0 Å². The third kappa shape index (κ3) is 4.73. The van der Waals surface area contributed by atoms with Gasteiger partial charge < -0.3 is 0 Å². The number of rotatable bonds is 0. The van der Waals surface area contributed by atoms with Crippen LogP contribution < -0.4 is 0 Å². The smallest absolute Gasteiger partial charge is 0.0166 e. The van der Waals surface area contributed by atoms with Crippen molar-refractivity contribution in [3.8, 4) is 0 Å². The zero-order valence-electron chi connectivity index (χ0n) is 7.45. The van der Waals surface area contributed by atoms with Gasteiger partial charge in [0.2, 0.25) is 0 Å². The third-order valence-corrected chi connectivity index (χ3v) is 1.76. The molecule has 0 unspecified atom stereocenters. The van der Waals surface area contributed by atoms with Crippen molar-refractivity contribution in [2.45, 2.75) is 25.7 Å². The lowest BCUT2D eigenvalue weighted by atomic mass is 10.2. The molecule has 0 amide bonds. The second-order valence-electron chi connectivity index (χ2n) is 2.85. The molecule has 0 heterocycles. The molecule has 0 atom stereocenters. The van der Waals surface area contributed by atoms with Crippen LogP contribution in [0.25, 0.3) is 0 Å². The summed E-state index contributed by atoms with van der Waals surface area (Å²) in [6.07, 6.45) is 22.0.